The van der Waals surface area contributed by atoms with Gasteiger partial charge in [0.05, 0.1) is 29.8 Å². The summed E-state index contributed by atoms with van der Waals surface area (Å²) in [4.78, 5) is 0. The standard InChI is InChI=1S/C12H14N4OS/c1-12(2,7-13)10-5-11(18-8-14)15-16(10)9-3-4-17-6-9/h5,9H,3-4,6H2,1-2H3. The molecule has 0 saturated carbocycles. The minimum absolute atomic E-state index is 0.167. The summed E-state index contributed by atoms with van der Waals surface area (Å²) in [6.07, 6.45) is 0.896. The largest absolute Gasteiger partial charge is 0.379 e. The van der Waals surface area contributed by atoms with Crippen molar-refractivity contribution in [3.8, 4) is 11.5 Å². The van der Waals surface area contributed by atoms with Crippen molar-refractivity contribution in [2.45, 2.75) is 36.8 Å². The van der Waals surface area contributed by atoms with E-state index in [1.165, 1.54) is 0 Å². The van der Waals surface area contributed by atoms with Crippen molar-refractivity contribution in [1.29, 1.82) is 10.5 Å². The van der Waals surface area contributed by atoms with Crippen molar-refractivity contribution in [2.75, 3.05) is 13.2 Å². The van der Waals surface area contributed by atoms with Crippen LogP contribution in [0.4, 0.5) is 0 Å². The highest BCUT2D eigenvalue weighted by atomic mass is 32.2. The molecule has 0 spiro atoms. The van der Waals surface area contributed by atoms with E-state index in [2.05, 4.69) is 11.2 Å². The van der Waals surface area contributed by atoms with E-state index in [-0.39, 0.29) is 6.04 Å². The summed E-state index contributed by atoms with van der Waals surface area (Å²) in [7, 11) is 0. The van der Waals surface area contributed by atoms with E-state index in [1.54, 1.807) is 0 Å². The third-order valence-electron chi connectivity index (χ3n) is 3.03. The van der Waals surface area contributed by atoms with Crippen LogP contribution >= 0.6 is 11.8 Å². The molecular formula is C12H14N4OS. The first-order chi connectivity index (χ1) is 8.58. The number of nitrogens with zero attached hydrogens (tertiary/aromatic N) is 4. The van der Waals surface area contributed by atoms with Gasteiger partial charge in [0.2, 0.25) is 0 Å². The number of aromatic nitrogens is 2. The Labute approximate surface area is 110 Å². The van der Waals surface area contributed by atoms with E-state index in [9.17, 15) is 5.26 Å². The van der Waals surface area contributed by atoms with Gasteiger partial charge in [-0.05, 0) is 26.3 Å². The van der Waals surface area contributed by atoms with Crippen LogP contribution in [-0.4, -0.2) is 23.0 Å². The number of hydrogen-bond acceptors (Lipinski definition) is 5. The van der Waals surface area contributed by atoms with Crippen molar-refractivity contribution in [3.05, 3.63) is 11.8 Å². The van der Waals surface area contributed by atoms with Gasteiger partial charge in [-0.1, -0.05) is 0 Å². The molecule has 1 fully saturated rings. The van der Waals surface area contributed by atoms with Gasteiger partial charge in [0, 0.05) is 18.4 Å². The first-order valence-electron chi connectivity index (χ1n) is 5.73. The van der Waals surface area contributed by atoms with E-state index >= 15 is 0 Å². The average Bonchev–Trinajstić information content (AvgIpc) is 2.97. The van der Waals surface area contributed by atoms with Gasteiger partial charge in [-0.3, -0.25) is 4.68 Å². The number of thiocyanates is 1. The zero-order chi connectivity index (χ0) is 13.2. The predicted octanol–water partition coefficient (Wildman–Crippen LogP) is 2.22. The van der Waals surface area contributed by atoms with E-state index in [0.717, 1.165) is 30.5 Å². The van der Waals surface area contributed by atoms with Crippen LogP contribution in [-0.2, 0) is 10.2 Å². The maximum Gasteiger partial charge on any atom is 0.140 e. The Kier molecular flexibility index (Phi) is 3.60. The van der Waals surface area contributed by atoms with Gasteiger partial charge in [0.15, 0.2) is 0 Å². The first-order valence-corrected chi connectivity index (χ1v) is 6.55. The van der Waals surface area contributed by atoms with Crippen LogP contribution in [0.3, 0.4) is 0 Å². The second kappa shape index (κ2) is 5.01. The van der Waals surface area contributed by atoms with Gasteiger partial charge in [-0.25, -0.2) is 0 Å². The number of ether oxygens (including phenoxy) is 1. The summed E-state index contributed by atoms with van der Waals surface area (Å²) in [5, 5.41) is 25.1. The molecule has 0 amide bonds. The third-order valence-corrected chi connectivity index (χ3v) is 3.53. The van der Waals surface area contributed by atoms with Crippen molar-refractivity contribution in [1.82, 2.24) is 9.78 Å². The zero-order valence-electron chi connectivity index (χ0n) is 10.4. The summed E-state index contributed by atoms with van der Waals surface area (Å²) in [6.45, 7) is 5.05. The lowest BCUT2D eigenvalue weighted by molar-refractivity contribution is 0.183. The van der Waals surface area contributed by atoms with Crippen LogP contribution in [0.15, 0.2) is 11.1 Å². The number of thioether (sulfide) groups is 1. The molecule has 94 valence electrons. The molecule has 0 N–H and O–H groups in total. The molecule has 0 aliphatic carbocycles. The van der Waals surface area contributed by atoms with E-state index < -0.39 is 5.41 Å². The molecule has 0 aromatic carbocycles. The Morgan fingerprint density at radius 3 is 2.89 bits per heavy atom. The summed E-state index contributed by atoms with van der Waals surface area (Å²) in [6, 6.07) is 4.28. The van der Waals surface area contributed by atoms with Crippen molar-refractivity contribution >= 4 is 11.8 Å². The quantitative estimate of drug-likeness (QED) is 0.616. The molecule has 18 heavy (non-hydrogen) atoms. The zero-order valence-corrected chi connectivity index (χ0v) is 11.2. The monoisotopic (exact) mass is 262 g/mol. The highest BCUT2D eigenvalue weighted by Crippen LogP contribution is 2.31. The molecule has 0 bridgehead atoms. The van der Waals surface area contributed by atoms with Crippen LogP contribution < -0.4 is 0 Å². The van der Waals surface area contributed by atoms with Crippen molar-refractivity contribution in [3.63, 3.8) is 0 Å². The van der Waals surface area contributed by atoms with E-state index in [0.29, 0.717) is 11.6 Å². The first kappa shape index (κ1) is 12.9. The molecule has 2 heterocycles. The predicted molar refractivity (Wildman–Crippen MR) is 66.8 cm³/mol. The molecule has 0 radical (unpaired) electrons. The Morgan fingerprint density at radius 2 is 2.33 bits per heavy atom. The molecule has 1 unspecified atom stereocenters. The Hall–Kier alpha value is -1.50. The Morgan fingerprint density at radius 1 is 1.56 bits per heavy atom. The SMILES string of the molecule is CC(C)(C#N)c1cc(SC#N)nn1C1CCOC1. The maximum absolute atomic E-state index is 9.26. The van der Waals surface area contributed by atoms with Gasteiger partial charge in [-0.15, -0.1) is 0 Å². The molecular weight excluding hydrogens is 248 g/mol. The fraction of sp³-hybridized carbons (Fsp3) is 0.583. The molecule has 1 aliphatic heterocycles. The summed E-state index contributed by atoms with van der Waals surface area (Å²) in [5.41, 5.74) is 0.224. The molecule has 2 rings (SSSR count). The fourth-order valence-corrected chi connectivity index (χ4v) is 2.38. The second-order valence-electron chi connectivity index (χ2n) is 4.76. The normalized spacial score (nSPS) is 19.4. The highest BCUT2D eigenvalue weighted by Gasteiger charge is 2.30. The van der Waals surface area contributed by atoms with Crippen molar-refractivity contribution in [2.24, 2.45) is 0 Å². The van der Waals surface area contributed by atoms with Crippen molar-refractivity contribution < 1.29 is 4.74 Å². The van der Waals surface area contributed by atoms with Gasteiger partial charge in [0.25, 0.3) is 0 Å². The van der Waals surface area contributed by atoms with Crippen LogP contribution in [0.5, 0.6) is 0 Å². The van der Waals surface area contributed by atoms with Crippen LogP contribution in [0.1, 0.15) is 32.0 Å². The van der Waals surface area contributed by atoms with E-state index in [1.807, 2.05) is 30.0 Å². The topological polar surface area (TPSA) is 74.6 Å². The van der Waals surface area contributed by atoms with Crippen LogP contribution in [0.25, 0.3) is 0 Å². The van der Waals surface area contributed by atoms with Crippen LogP contribution in [0, 0.1) is 22.0 Å². The number of nitriles is 2. The smallest absolute Gasteiger partial charge is 0.140 e. The fourth-order valence-electron chi connectivity index (χ4n) is 1.99. The lowest BCUT2D eigenvalue weighted by atomic mass is 9.91. The van der Waals surface area contributed by atoms with Gasteiger partial charge >= 0.3 is 0 Å². The molecule has 1 aromatic rings. The minimum atomic E-state index is -0.621. The molecule has 1 saturated heterocycles. The molecule has 6 heteroatoms. The molecule has 1 atom stereocenters. The van der Waals surface area contributed by atoms with Gasteiger partial charge < -0.3 is 4.74 Å². The third kappa shape index (κ3) is 2.35. The van der Waals surface area contributed by atoms with Gasteiger partial charge in [0.1, 0.15) is 10.4 Å². The summed E-state index contributed by atoms with van der Waals surface area (Å²) in [5.74, 6) is 0. The molecule has 1 aliphatic rings. The second-order valence-corrected chi connectivity index (χ2v) is 5.56. The van der Waals surface area contributed by atoms with Crippen LogP contribution in [0.2, 0.25) is 0 Å². The average molecular weight is 262 g/mol. The minimum Gasteiger partial charge on any atom is -0.379 e. The lowest BCUT2D eigenvalue weighted by Gasteiger charge is -2.20. The Bertz CT molecular complexity index is 517. The Balaban J connectivity index is 2.43. The highest BCUT2D eigenvalue weighted by molar-refractivity contribution is 8.03. The molecule has 1 aromatic heterocycles. The number of rotatable bonds is 3. The molecule has 5 nitrogen and oxygen atoms in total. The number of hydrogen-bond donors (Lipinski definition) is 0. The van der Waals surface area contributed by atoms with E-state index in [4.69, 9.17) is 10.00 Å². The summed E-state index contributed by atoms with van der Waals surface area (Å²) < 4.78 is 7.22. The van der Waals surface area contributed by atoms with Gasteiger partial charge in [-0.2, -0.15) is 15.6 Å². The maximum atomic E-state index is 9.26. The summed E-state index contributed by atoms with van der Waals surface area (Å²) >= 11 is 1.02. The lowest BCUT2D eigenvalue weighted by Crippen LogP contribution is -2.23.